The molecule has 0 bridgehead atoms. The fourth-order valence-electron chi connectivity index (χ4n) is 1.29. The highest BCUT2D eigenvalue weighted by atomic mass is 35.5. The van der Waals surface area contributed by atoms with Crippen molar-refractivity contribution in [3.63, 3.8) is 0 Å². The maximum Gasteiger partial charge on any atom is 0.0408 e. The van der Waals surface area contributed by atoms with Crippen LogP contribution in [0.3, 0.4) is 0 Å². The number of benzene rings is 1. The van der Waals surface area contributed by atoms with Gasteiger partial charge in [0.1, 0.15) is 0 Å². The summed E-state index contributed by atoms with van der Waals surface area (Å²) in [6, 6.07) is 6.27. The Morgan fingerprint density at radius 1 is 1.46 bits per heavy atom. The SMILES string of the molecule is Cc1ccc(Cl)cc1CC[C@H](C)N. The van der Waals surface area contributed by atoms with Crippen molar-refractivity contribution in [3.8, 4) is 0 Å². The van der Waals surface area contributed by atoms with E-state index in [0.29, 0.717) is 0 Å². The zero-order valence-electron chi connectivity index (χ0n) is 8.18. The highest BCUT2D eigenvalue weighted by molar-refractivity contribution is 6.30. The van der Waals surface area contributed by atoms with Gasteiger partial charge in [0.05, 0.1) is 0 Å². The van der Waals surface area contributed by atoms with Crippen LogP contribution in [0.1, 0.15) is 24.5 Å². The molecule has 1 atom stereocenters. The number of aryl methyl sites for hydroxylation is 2. The van der Waals surface area contributed by atoms with E-state index in [9.17, 15) is 0 Å². The largest absolute Gasteiger partial charge is 0.328 e. The quantitative estimate of drug-likeness (QED) is 0.793. The standard InChI is InChI=1S/C11H16ClN/c1-8-3-6-11(12)7-10(8)5-4-9(2)13/h3,6-7,9H,4-5,13H2,1-2H3/t9-/m0/s1. The Morgan fingerprint density at radius 3 is 2.77 bits per heavy atom. The van der Waals surface area contributed by atoms with E-state index < -0.39 is 0 Å². The van der Waals surface area contributed by atoms with Crippen LogP contribution in [-0.4, -0.2) is 6.04 Å². The first kappa shape index (κ1) is 10.6. The number of nitrogens with two attached hydrogens (primary N) is 1. The van der Waals surface area contributed by atoms with Gasteiger partial charge in [-0.1, -0.05) is 17.7 Å². The predicted molar refractivity (Wildman–Crippen MR) is 58.2 cm³/mol. The zero-order chi connectivity index (χ0) is 9.84. The summed E-state index contributed by atoms with van der Waals surface area (Å²) in [5.74, 6) is 0. The van der Waals surface area contributed by atoms with E-state index in [2.05, 4.69) is 13.0 Å². The number of rotatable bonds is 3. The van der Waals surface area contributed by atoms with Gasteiger partial charge in [-0.15, -0.1) is 0 Å². The maximum absolute atomic E-state index is 5.90. The molecule has 0 fully saturated rings. The molecule has 1 aromatic carbocycles. The van der Waals surface area contributed by atoms with E-state index in [1.165, 1.54) is 11.1 Å². The van der Waals surface area contributed by atoms with Crippen LogP contribution in [0.25, 0.3) is 0 Å². The van der Waals surface area contributed by atoms with Crippen LogP contribution in [0.15, 0.2) is 18.2 Å². The molecule has 72 valence electrons. The molecule has 0 aliphatic carbocycles. The normalized spacial score (nSPS) is 12.9. The summed E-state index contributed by atoms with van der Waals surface area (Å²) in [6.07, 6.45) is 2.03. The zero-order valence-corrected chi connectivity index (χ0v) is 8.93. The maximum atomic E-state index is 5.90. The van der Waals surface area contributed by atoms with Crippen molar-refractivity contribution in [2.75, 3.05) is 0 Å². The van der Waals surface area contributed by atoms with E-state index in [1.807, 2.05) is 19.1 Å². The Morgan fingerprint density at radius 2 is 2.15 bits per heavy atom. The van der Waals surface area contributed by atoms with Gasteiger partial charge in [0.25, 0.3) is 0 Å². The molecule has 0 saturated heterocycles. The van der Waals surface area contributed by atoms with Crippen LogP contribution < -0.4 is 5.73 Å². The first-order valence-electron chi connectivity index (χ1n) is 4.60. The summed E-state index contributed by atoms with van der Waals surface area (Å²) in [6.45, 7) is 4.13. The summed E-state index contributed by atoms with van der Waals surface area (Å²) in [7, 11) is 0. The van der Waals surface area contributed by atoms with E-state index in [4.69, 9.17) is 17.3 Å². The molecule has 0 heterocycles. The van der Waals surface area contributed by atoms with Gasteiger partial charge in [-0.25, -0.2) is 0 Å². The molecule has 1 aromatic rings. The number of halogens is 1. The lowest BCUT2D eigenvalue weighted by Crippen LogP contribution is -2.15. The van der Waals surface area contributed by atoms with Gasteiger partial charge in [0.2, 0.25) is 0 Å². The summed E-state index contributed by atoms with van der Waals surface area (Å²) in [5, 5.41) is 0.810. The van der Waals surface area contributed by atoms with Gasteiger partial charge in [0.15, 0.2) is 0 Å². The van der Waals surface area contributed by atoms with E-state index in [0.717, 1.165) is 17.9 Å². The highest BCUT2D eigenvalue weighted by Crippen LogP contribution is 2.17. The number of hydrogen-bond acceptors (Lipinski definition) is 1. The molecule has 0 spiro atoms. The average Bonchev–Trinajstić information content (AvgIpc) is 2.06. The van der Waals surface area contributed by atoms with Gasteiger partial charge in [-0.2, -0.15) is 0 Å². The molecule has 2 N–H and O–H groups in total. The fourth-order valence-corrected chi connectivity index (χ4v) is 1.49. The molecule has 2 heteroatoms. The van der Waals surface area contributed by atoms with Crippen molar-refractivity contribution in [2.24, 2.45) is 5.73 Å². The van der Waals surface area contributed by atoms with Crippen LogP contribution in [0, 0.1) is 6.92 Å². The Bertz CT molecular complexity index is 281. The lowest BCUT2D eigenvalue weighted by Gasteiger charge is -2.08. The van der Waals surface area contributed by atoms with Crippen molar-refractivity contribution >= 4 is 11.6 Å². The minimum atomic E-state index is 0.262. The molecule has 0 aliphatic rings. The molecule has 0 saturated carbocycles. The van der Waals surface area contributed by atoms with Crippen LogP contribution >= 0.6 is 11.6 Å². The van der Waals surface area contributed by atoms with Crippen molar-refractivity contribution in [2.45, 2.75) is 32.7 Å². The third kappa shape index (κ3) is 3.37. The Kier molecular flexibility index (Phi) is 3.76. The topological polar surface area (TPSA) is 26.0 Å². The van der Waals surface area contributed by atoms with Crippen molar-refractivity contribution in [1.29, 1.82) is 0 Å². The fraction of sp³-hybridized carbons (Fsp3) is 0.455. The Labute approximate surface area is 84.9 Å². The van der Waals surface area contributed by atoms with E-state index in [1.54, 1.807) is 0 Å². The second kappa shape index (κ2) is 4.64. The van der Waals surface area contributed by atoms with Crippen LogP contribution in [0.2, 0.25) is 5.02 Å². The van der Waals surface area contributed by atoms with Crippen LogP contribution in [0.5, 0.6) is 0 Å². The van der Waals surface area contributed by atoms with Gasteiger partial charge in [-0.3, -0.25) is 0 Å². The molecular weight excluding hydrogens is 182 g/mol. The second-order valence-corrected chi connectivity index (χ2v) is 4.02. The molecule has 1 nitrogen and oxygen atoms in total. The van der Waals surface area contributed by atoms with Gasteiger partial charge >= 0.3 is 0 Å². The molecule has 0 amide bonds. The predicted octanol–water partition coefficient (Wildman–Crippen LogP) is 2.93. The monoisotopic (exact) mass is 197 g/mol. The summed E-state index contributed by atoms with van der Waals surface area (Å²) in [5.41, 5.74) is 8.30. The van der Waals surface area contributed by atoms with Gasteiger partial charge in [0, 0.05) is 11.1 Å². The van der Waals surface area contributed by atoms with E-state index >= 15 is 0 Å². The molecule has 0 radical (unpaired) electrons. The van der Waals surface area contributed by atoms with Crippen molar-refractivity contribution in [1.82, 2.24) is 0 Å². The first-order chi connectivity index (χ1) is 6.09. The minimum absolute atomic E-state index is 0.262. The Hall–Kier alpha value is -0.530. The van der Waals surface area contributed by atoms with Gasteiger partial charge in [-0.05, 0) is 49.9 Å². The molecule has 1 rings (SSSR count). The molecule has 0 aliphatic heterocycles. The lowest BCUT2D eigenvalue weighted by molar-refractivity contribution is 0.664. The minimum Gasteiger partial charge on any atom is -0.328 e. The first-order valence-corrected chi connectivity index (χ1v) is 4.98. The number of hydrogen-bond donors (Lipinski definition) is 1. The summed E-state index contributed by atoms with van der Waals surface area (Å²) in [4.78, 5) is 0. The summed E-state index contributed by atoms with van der Waals surface area (Å²) < 4.78 is 0. The summed E-state index contributed by atoms with van der Waals surface area (Å²) >= 11 is 5.90. The molecule has 0 unspecified atom stereocenters. The third-order valence-corrected chi connectivity index (χ3v) is 2.42. The van der Waals surface area contributed by atoms with Crippen molar-refractivity contribution in [3.05, 3.63) is 34.3 Å². The smallest absolute Gasteiger partial charge is 0.0408 e. The molecule has 13 heavy (non-hydrogen) atoms. The molecular formula is C11H16ClN. The average molecular weight is 198 g/mol. The van der Waals surface area contributed by atoms with Gasteiger partial charge < -0.3 is 5.73 Å². The van der Waals surface area contributed by atoms with E-state index in [-0.39, 0.29) is 6.04 Å². The highest BCUT2D eigenvalue weighted by Gasteiger charge is 2.01. The molecule has 0 aromatic heterocycles. The lowest BCUT2D eigenvalue weighted by atomic mass is 10.0. The van der Waals surface area contributed by atoms with Crippen molar-refractivity contribution < 1.29 is 0 Å². The third-order valence-electron chi connectivity index (χ3n) is 2.18. The van der Waals surface area contributed by atoms with Crippen LogP contribution in [-0.2, 0) is 6.42 Å². The second-order valence-electron chi connectivity index (χ2n) is 3.59. The van der Waals surface area contributed by atoms with Crippen LogP contribution in [0.4, 0.5) is 0 Å². The Balaban J connectivity index is 2.70.